The van der Waals surface area contributed by atoms with E-state index >= 15 is 0 Å². The van der Waals surface area contributed by atoms with Crippen LogP contribution in [-0.4, -0.2) is 47.0 Å². The Morgan fingerprint density at radius 1 is 1.18 bits per heavy atom. The number of carbonyl (C=O) groups excluding carboxylic acids is 2. The average molecular weight is 483 g/mol. The highest BCUT2D eigenvalue weighted by atomic mass is 32.1. The Morgan fingerprint density at radius 2 is 1.91 bits per heavy atom. The Bertz CT molecular complexity index is 1160. The van der Waals surface area contributed by atoms with E-state index in [0.717, 1.165) is 39.1 Å². The molecule has 2 heterocycles. The molecule has 33 heavy (non-hydrogen) atoms. The van der Waals surface area contributed by atoms with Crippen LogP contribution in [0.5, 0.6) is 0 Å². The average Bonchev–Trinajstić information content (AvgIpc) is 3.18. The van der Waals surface area contributed by atoms with Crippen molar-refractivity contribution in [2.45, 2.75) is 51.6 Å². The summed E-state index contributed by atoms with van der Waals surface area (Å²) >= 11 is 6.76. The first-order chi connectivity index (χ1) is 15.9. The number of hydrogen-bond acceptors (Lipinski definition) is 4. The van der Waals surface area contributed by atoms with Gasteiger partial charge in [-0.1, -0.05) is 30.3 Å². The maximum absolute atomic E-state index is 13.2. The number of carbonyl (C=O) groups is 2. The summed E-state index contributed by atoms with van der Waals surface area (Å²) in [5.41, 5.74) is 3.03. The van der Waals surface area contributed by atoms with Crippen molar-refractivity contribution >= 4 is 51.4 Å². The van der Waals surface area contributed by atoms with Crippen LogP contribution in [0.25, 0.3) is 10.2 Å². The summed E-state index contributed by atoms with van der Waals surface area (Å²) in [5, 5.41) is 3.19. The lowest BCUT2D eigenvalue weighted by atomic mass is 10.0. The second-order valence-electron chi connectivity index (χ2n) is 8.75. The van der Waals surface area contributed by atoms with Gasteiger partial charge in [0.25, 0.3) is 0 Å². The predicted molar refractivity (Wildman–Crippen MR) is 138 cm³/mol. The molecule has 6 nitrogen and oxygen atoms in total. The number of nitrogens with zero attached hydrogens (tertiary/aromatic N) is 2. The molecule has 0 atom stereocenters. The van der Waals surface area contributed by atoms with Crippen molar-refractivity contribution in [2.75, 3.05) is 18.0 Å². The SMILES string of the molecule is CC(C)N(C(=O)NC1CCN(C(=O)CCc2ccccc2)CC1)c1ccc2[nH]c(=S)sc2c1. The number of rotatable bonds is 6. The van der Waals surface area contributed by atoms with Crippen LogP contribution in [-0.2, 0) is 11.2 Å². The van der Waals surface area contributed by atoms with Crippen molar-refractivity contribution in [2.24, 2.45) is 0 Å². The molecule has 0 aliphatic carbocycles. The summed E-state index contributed by atoms with van der Waals surface area (Å²) in [6, 6.07) is 16.0. The second kappa shape index (κ2) is 10.5. The maximum Gasteiger partial charge on any atom is 0.322 e. The molecule has 174 valence electrons. The molecule has 0 radical (unpaired) electrons. The molecule has 0 bridgehead atoms. The Hall–Kier alpha value is -2.71. The fourth-order valence-electron chi connectivity index (χ4n) is 4.31. The fraction of sp³-hybridized carbons (Fsp3) is 0.400. The lowest BCUT2D eigenvalue weighted by Crippen LogP contribution is -2.52. The zero-order chi connectivity index (χ0) is 23.4. The van der Waals surface area contributed by atoms with Crippen LogP contribution in [0, 0.1) is 3.95 Å². The van der Waals surface area contributed by atoms with E-state index in [2.05, 4.69) is 22.4 Å². The van der Waals surface area contributed by atoms with Gasteiger partial charge in [0.15, 0.2) is 3.95 Å². The number of amides is 3. The van der Waals surface area contributed by atoms with Crippen molar-refractivity contribution in [1.82, 2.24) is 15.2 Å². The first-order valence-corrected chi connectivity index (χ1v) is 12.7. The molecule has 0 unspecified atom stereocenters. The third kappa shape index (κ3) is 5.81. The van der Waals surface area contributed by atoms with Crippen LogP contribution in [0.3, 0.4) is 0 Å². The van der Waals surface area contributed by atoms with Crippen LogP contribution in [0.4, 0.5) is 10.5 Å². The van der Waals surface area contributed by atoms with Crippen LogP contribution in [0.15, 0.2) is 48.5 Å². The number of urea groups is 1. The summed E-state index contributed by atoms with van der Waals surface area (Å²) in [5.74, 6) is 0.189. The molecule has 1 saturated heterocycles. The molecule has 0 saturated carbocycles. The number of aryl methyl sites for hydroxylation is 1. The van der Waals surface area contributed by atoms with Crippen LogP contribution in [0.2, 0.25) is 0 Å². The molecule has 3 aromatic rings. The third-order valence-corrected chi connectivity index (χ3v) is 7.26. The summed E-state index contributed by atoms with van der Waals surface area (Å²) in [6.07, 6.45) is 2.83. The molecule has 1 aliphatic heterocycles. The van der Waals surface area contributed by atoms with Crippen molar-refractivity contribution in [3.63, 3.8) is 0 Å². The van der Waals surface area contributed by atoms with Crippen molar-refractivity contribution < 1.29 is 9.59 Å². The first kappa shape index (κ1) is 23.4. The van der Waals surface area contributed by atoms with Gasteiger partial charge in [-0.25, -0.2) is 4.79 Å². The Kier molecular flexibility index (Phi) is 7.45. The van der Waals surface area contributed by atoms with Crippen molar-refractivity contribution in [1.29, 1.82) is 0 Å². The highest BCUT2D eigenvalue weighted by molar-refractivity contribution is 7.73. The van der Waals surface area contributed by atoms with E-state index in [9.17, 15) is 9.59 Å². The molecule has 1 aromatic heterocycles. The molecular weight excluding hydrogens is 452 g/mol. The maximum atomic E-state index is 13.2. The minimum Gasteiger partial charge on any atom is -0.343 e. The van der Waals surface area contributed by atoms with Gasteiger partial charge in [0.05, 0.1) is 10.2 Å². The minimum atomic E-state index is -0.0997. The number of fused-ring (bicyclic) bond motifs is 1. The molecule has 2 aromatic carbocycles. The van der Waals surface area contributed by atoms with E-state index < -0.39 is 0 Å². The lowest BCUT2D eigenvalue weighted by molar-refractivity contribution is -0.132. The number of likely N-dealkylation sites (tertiary alicyclic amines) is 1. The van der Waals surface area contributed by atoms with E-state index in [-0.39, 0.29) is 24.0 Å². The Morgan fingerprint density at radius 3 is 2.61 bits per heavy atom. The number of hydrogen-bond donors (Lipinski definition) is 2. The number of H-pyrrole nitrogens is 1. The minimum absolute atomic E-state index is 0.00835. The summed E-state index contributed by atoms with van der Waals surface area (Å²) < 4.78 is 1.77. The Labute approximate surface area is 203 Å². The molecule has 1 fully saturated rings. The van der Waals surface area contributed by atoms with E-state index in [1.54, 1.807) is 4.90 Å². The van der Waals surface area contributed by atoms with Crippen molar-refractivity contribution in [3.05, 3.63) is 58.0 Å². The summed E-state index contributed by atoms with van der Waals surface area (Å²) in [7, 11) is 0. The van der Waals surface area contributed by atoms with Gasteiger partial charge in [-0.2, -0.15) is 0 Å². The first-order valence-electron chi connectivity index (χ1n) is 11.4. The number of aromatic amines is 1. The molecule has 2 N–H and O–H groups in total. The van der Waals surface area contributed by atoms with Gasteiger partial charge in [0, 0.05) is 37.3 Å². The number of anilines is 1. The predicted octanol–water partition coefficient (Wildman–Crippen LogP) is 5.51. The third-order valence-electron chi connectivity index (χ3n) is 6.06. The van der Waals surface area contributed by atoms with E-state index in [0.29, 0.717) is 19.5 Å². The lowest BCUT2D eigenvalue weighted by Gasteiger charge is -2.35. The zero-order valence-electron chi connectivity index (χ0n) is 19.0. The van der Waals surface area contributed by atoms with E-state index in [1.165, 1.54) is 16.9 Å². The molecule has 1 aliphatic rings. The van der Waals surface area contributed by atoms with Gasteiger partial charge < -0.3 is 15.2 Å². The molecule has 8 heteroatoms. The number of piperidine rings is 1. The number of nitrogens with one attached hydrogen (secondary N) is 2. The quantitative estimate of drug-likeness (QED) is 0.456. The van der Waals surface area contributed by atoms with Crippen LogP contribution < -0.4 is 10.2 Å². The smallest absolute Gasteiger partial charge is 0.322 e. The fourth-order valence-corrected chi connectivity index (χ4v) is 5.45. The highest BCUT2D eigenvalue weighted by Gasteiger charge is 2.27. The van der Waals surface area contributed by atoms with Gasteiger partial charge in [-0.05, 0) is 69.1 Å². The largest absolute Gasteiger partial charge is 0.343 e. The second-order valence-corrected chi connectivity index (χ2v) is 10.5. The number of aromatic nitrogens is 1. The van der Waals surface area contributed by atoms with E-state index in [1.807, 2.05) is 55.1 Å². The van der Waals surface area contributed by atoms with Gasteiger partial charge in [-0.15, -0.1) is 11.3 Å². The normalized spacial score (nSPS) is 14.6. The highest BCUT2D eigenvalue weighted by Crippen LogP contribution is 2.27. The number of benzene rings is 2. The number of thiazole rings is 1. The summed E-state index contributed by atoms with van der Waals surface area (Å²) in [6.45, 7) is 5.38. The molecular formula is C25H30N4O2S2. The zero-order valence-corrected chi connectivity index (χ0v) is 20.7. The molecule has 0 spiro atoms. The standard InChI is InChI=1S/C25H30N4O2S2/c1-17(2)29(20-9-10-21-22(16-20)33-25(32)27-21)24(31)26-19-12-14-28(15-13-19)23(30)11-8-18-6-4-3-5-7-18/h3-7,9-10,16-17,19H,8,11-15H2,1-2H3,(H,26,31)(H,27,32). The van der Waals surface area contributed by atoms with E-state index in [4.69, 9.17) is 12.2 Å². The van der Waals surface area contributed by atoms with Gasteiger partial charge in [-0.3, -0.25) is 9.69 Å². The molecule has 4 rings (SSSR count). The van der Waals surface area contributed by atoms with Crippen LogP contribution >= 0.6 is 23.6 Å². The molecule has 3 amide bonds. The Balaban J connectivity index is 1.32. The van der Waals surface area contributed by atoms with Gasteiger partial charge >= 0.3 is 6.03 Å². The monoisotopic (exact) mass is 482 g/mol. The van der Waals surface area contributed by atoms with Crippen molar-refractivity contribution in [3.8, 4) is 0 Å². The summed E-state index contributed by atoms with van der Waals surface area (Å²) in [4.78, 5) is 32.7. The van der Waals surface area contributed by atoms with Gasteiger partial charge in [0.2, 0.25) is 5.91 Å². The topological polar surface area (TPSA) is 68.4 Å². The van der Waals surface area contributed by atoms with Gasteiger partial charge in [0.1, 0.15) is 0 Å². The van der Waals surface area contributed by atoms with Crippen LogP contribution in [0.1, 0.15) is 38.7 Å².